The van der Waals surface area contributed by atoms with Crippen LogP contribution in [-0.4, -0.2) is 35.4 Å². The Labute approximate surface area is 163 Å². The summed E-state index contributed by atoms with van der Waals surface area (Å²) >= 11 is 0. The SMILES string of the molecule is O=C(COC(=O)CCCC(=O)NC1CCCCC1)Nc1cccc([N+](=O)[O-])c1. The number of nitrogens with one attached hydrogen (secondary N) is 2. The minimum Gasteiger partial charge on any atom is -0.456 e. The summed E-state index contributed by atoms with van der Waals surface area (Å²) in [7, 11) is 0. The lowest BCUT2D eigenvalue weighted by Gasteiger charge is -2.22. The molecule has 2 amide bonds. The fraction of sp³-hybridized carbons (Fsp3) is 0.526. The van der Waals surface area contributed by atoms with Crippen molar-refractivity contribution in [2.24, 2.45) is 0 Å². The van der Waals surface area contributed by atoms with Crippen molar-refractivity contribution in [3.8, 4) is 0 Å². The third-order valence-corrected chi connectivity index (χ3v) is 4.46. The third-order valence-electron chi connectivity index (χ3n) is 4.46. The summed E-state index contributed by atoms with van der Waals surface area (Å²) in [6.07, 6.45) is 6.14. The van der Waals surface area contributed by atoms with Crippen LogP contribution in [0.5, 0.6) is 0 Å². The molecule has 0 bridgehead atoms. The van der Waals surface area contributed by atoms with Gasteiger partial charge in [-0.2, -0.15) is 0 Å². The number of carbonyl (C=O) groups is 3. The second kappa shape index (κ2) is 11.0. The fourth-order valence-electron chi connectivity index (χ4n) is 3.05. The van der Waals surface area contributed by atoms with Gasteiger partial charge in [0, 0.05) is 36.7 Å². The maximum Gasteiger partial charge on any atom is 0.306 e. The van der Waals surface area contributed by atoms with Gasteiger partial charge in [-0.15, -0.1) is 0 Å². The van der Waals surface area contributed by atoms with Crippen molar-refractivity contribution in [3.05, 3.63) is 34.4 Å². The molecule has 2 N–H and O–H groups in total. The molecule has 0 unspecified atom stereocenters. The fourth-order valence-corrected chi connectivity index (χ4v) is 3.05. The first-order valence-electron chi connectivity index (χ1n) is 9.43. The second-order valence-electron chi connectivity index (χ2n) is 6.77. The van der Waals surface area contributed by atoms with Crippen LogP contribution in [-0.2, 0) is 19.1 Å². The van der Waals surface area contributed by atoms with Crippen molar-refractivity contribution in [1.29, 1.82) is 0 Å². The summed E-state index contributed by atoms with van der Waals surface area (Å²) < 4.78 is 4.87. The first-order chi connectivity index (χ1) is 13.4. The zero-order valence-corrected chi connectivity index (χ0v) is 15.6. The summed E-state index contributed by atoms with van der Waals surface area (Å²) in [5, 5.41) is 16.1. The predicted molar refractivity (Wildman–Crippen MR) is 102 cm³/mol. The molecule has 0 aliphatic heterocycles. The Bertz CT molecular complexity index is 715. The molecule has 0 atom stereocenters. The number of nitro groups is 1. The van der Waals surface area contributed by atoms with Gasteiger partial charge in [0.05, 0.1) is 4.92 Å². The van der Waals surface area contributed by atoms with Gasteiger partial charge in [-0.3, -0.25) is 24.5 Å². The highest BCUT2D eigenvalue weighted by Gasteiger charge is 2.16. The summed E-state index contributed by atoms with van der Waals surface area (Å²) in [6, 6.07) is 5.70. The molecule has 28 heavy (non-hydrogen) atoms. The zero-order chi connectivity index (χ0) is 20.4. The smallest absolute Gasteiger partial charge is 0.306 e. The molecule has 1 aliphatic rings. The molecule has 1 saturated carbocycles. The molecular formula is C19H25N3O6. The first kappa shape index (κ1) is 21.3. The van der Waals surface area contributed by atoms with Crippen molar-refractivity contribution in [2.45, 2.75) is 57.4 Å². The van der Waals surface area contributed by atoms with Gasteiger partial charge in [0.2, 0.25) is 5.91 Å². The number of rotatable bonds is 9. The van der Waals surface area contributed by atoms with E-state index in [0.717, 1.165) is 25.7 Å². The van der Waals surface area contributed by atoms with Gasteiger partial charge >= 0.3 is 5.97 Å². The van der Waals surface area contributed by atoms with Crippen molar-refractivity contribution in [1.82, 2.24) is 5.32 Å². The van der Waals surface area contributed by atoms with Crippen molar-refractivity contribution >= 4 is 29.2 Å². The van der Waals surface area contributed by atoms with Gasteiger partial charge in [-0.1, -0.05) is 25.3 Å². The highest BCUT2D eigenvalue weighted by atomic mass is 16.6. The molecule has 1 aromatic rings. The molecule has 2 rings (SSSR count). The van der Waals surface area contributed by atoms with Crippen LogP contribution in [0.3, 0.4) is 0 Å². The van der Waals surface area contributed by atoms with E-state index >= 15 is 0 Å². The Morgan fingerprint density at radius 3 is 2.57 bits per heavy atom. The van der Waals surface area contributed by atoms with E-state index in [1.165, 1.54) is 30.7 Å². The van der Waals surface area contributed by atoms with Crippen LogP contribution < -0.4 is 10.6 Å². The maximum absolute atomic E-state index is 11.9. The maximum atomic E-state index is 11.9. The number of non-ortho nitro benzene ring substituents is 1. The Morgan fingerprint density at radius 1 is 1.11 bits per heavy atom. The van der Waals surface area contributed by atoms with E-state index < -0.39 is 23.4 Å². The number of anilines is 1. The number of esters is 1. The first-order valence-corrected chi connectivity index (χ1v) is 9.43. The minimum absolute atomic E-state index is 0.0438. The van der Waals surface area contributed by atoms with Crippen LogP contribution in [0, 0.1) is 10.1 Å². The van der Waals surface area contributed by atoms with Gasteiger partial charge in [-0.05, 0) is 25.3 Å². The summed E-state index contributed by atoms with van der Waals surface area (Å²) in [5.41, 5.74) is 0.0935. The van der Waals surface area contributed by atoms with Crippen LogP contribution >= 0.6 is 0 Å². The van der Waals surface area contributed by atoms with Crippen LogP contribution in [0.15, 0.2) is 24.3 Å². The molecule has 0 aromatic heterocycles. The Hall–Kier alpha value is -2.97. The number of amides is 2. The molecule has 0 radical (unpaired) electrons. The number of nitrogens with zero attached hydrogens (tertiary/aromatic N) is 1. The van der Waals surface area contributed by atoms with Gasteiger partial charge < -0.3 is 15.4 Å². The molecule has 152 valence electrons. The van der Waals surface area contributed by atoms with Crippen LogP contribution in [0.4, 0.5) is 11.4 Å². The predicted octanol–water partition coefficient (Wildman–Crippen LogP) is 2.70. The monoisotopic (exact) mass is 391 g/mol. The average Bonchev–Trinajstić information content (AvgIpc) is 2.67. The Balaban J connectivity index is 1.61. The molecular weight excluding hydrogens is 366 g/mol. The molecule has 0 heterocycles. The van der Waals surface area contributed by atoms with E-state index in [9.17, 15) is 24.5 Å². The van der Waals surface area contributed by atoms with Gasteiger partial charge in [0.1, 0.15) is 0 Å². The molecule has 1 aliphatic carbocycles. The summed E-state index contributed by atoms with van der Waals surface area (Å²) in [5.74, 6) is -1.23. The van der Waals surface area contributed by atoms with Crippen molar-refractivity contribution in [3.63, 3.8) is 0 Å². The number of hydrogen-bond acceptors (Lipinski definition) is 6. The van der Waals surface area contributed by atoms with E-state index in [1.54, 1.807) is 0 Å². The quantitative estimate of drug-likeness (QED) is 0.378. The third kappa shape index (κ3) is 7.73. The normalized spacial score (nSPS) is 14.1. The van der Waals surface area contributed by atoms with Crippen LogP contribution in [0.2, 0.25) is 0 Å². The van der Waals surface area contributed by atoms with Crippen molar-refractivity contribution in [2.75, 3.05) is 11.9 Å². The topological polar surface area (TPSA) is 128 Å². The van der Waals surface area contributed by atoms with E-state index in [0.29, 0.717) is 6.42 Å². The molecule has 0 saturated heterocycles. The van der Waals surface area contributed by atoms with Gasteiger partial charge in [0.15, 0.2) is 6.61 Å². The van der Waals surface area contributed by atoms with E-state index in [1.807, 2.05) is 0 Å². The Morgan fingerprint density at radius 2 is 1.86 bits per heavy atom. The standard InChI is InChI=1S/C19H25N3O6/c23-17(20-14-6-2-1-3-7-14)10-5-11-19(25)28-13-18(24)21-15-8-4-9-16(12-15)22(26)27/h4,8-9,12,14H,1-3,5-7,10-11,13H2,(H,20,23)(H,21,24). The number of hydrogen-bond donors (Lipinski definition) is 2. The number of benzene rings is 1. The Kier molecular flexibility index (Phi) is 8.38. The lowest BCUT2D eigenvalue weighted by atomic mass is 9.95. The van der Waals surface area contributed by atoms with Gasteiger partial charge in [-0.25, -0.2) is 0 Å². The lowest BCUT2D eigenvalue weighted by Crippen LogP contribution is -2.36. The van der Waals surface area contributed by atoms with E-state index in [2.05, 4.69) is 10.6 Å². The van der Waals surface area contributed by atoms with Crippen LogP contribution in [0.1, 0.15) is 51.4 Å². The number of ether oxygens (including phenoxy) is 1. The molecule has 9 heteroatoms. The van der Waals surface area contributed by atoms with Crippen molar-refractivity contribution < 1.29 is 24.0 Å². The van der Waals surface area contributed by atoms with E-state index in [-0.39, 0.29) is 36.2 Å². The molecule has 9 nitrogen and oxygen atoms in total. The summed E-state index contributed by atoms with van der Waals surface area (Å²) in [4.78, 5) is 45.5. The zero-order valence-electron chi connectivity index (χ0n) is 15.6. The largest absolute Gasteiger partial charge is 0.456 e. The highest BCUT2D eigenvalue weighted by Crippen LogP contribution is 2.18. The number of carbonyl (C=O) groups excluding carboxylic acids is 3. The van der Waals surface area contributed by atoms with Gasteiger partial charge in [0.25, 0.3) is 11.6 Å². The average molecular weight is 391 g/mol. The van der Waals surface area contributed by atoms with Crippen LogP contribution in [0.25, 0.3) is 0 Å². The second-order valence-corrected chi connectivity index (χ2v) is 6.77. The minimum atomic E-state index is -0.594. The highest BCUT2D eigenvalue weighted by molar-refractivity contribution is 5.93. The molecule has 1 aromatic carbocycles. The molecule has 1 fully saturated rings. The summed E-state index contributed by atoms with van der Waals surface area (Å²) in [6.45, 7) is -0.490. The molecule has 0 spiro atoms. The number of nitro benzene ring substituents is 1. The van der Waals surface area contributed by atoms with E-state index in [4.69, 9.17) is 4.74 Å². The lowest BCUT2D eigenvalue weighted by molar-refractivity contribution is -0.384.